The first-order chi connectivity index (χ1) is 7.11. The summed E-state index contributed by atoms with van der Waals surface area (Å²) in [6.07, 6.45) is 1.15. The molecule has 0 amide bonds. The molecule has 0 aliphatic heterocycles. The van der Waals surface area contributed by atoms with E-state index in [0.29, 0.717) is 0 Å². The molecule has 0 spiro atoms. The minimum absolute atomic E-state index is 0.0463. The molecule has 1 aromatic carbocycles. The molecule has 1 rings (SSSR count). The Labute approximate surface area is 90.1 Å². The number of rotatable bonds is 5. The van der Waals surface area contributed by atoms with E-state index < -0.39 is 5.97 Å². The van der Waals surface area contributed by atoms with Gasteiger partial charge in [0.2, 0.25) is 0 Å². The van der Waals surface area contributed by atoms with Gasteiger partial charge in [-0.25, -0.2) is 0 Å². The lowest BCUT2D eigenvalue weighted by atomic mass is 10.1. The smallest absolute Gasteiger partial charge is 0.305 e. The van der Waals surface area contributed by atoms with Crippen molar-refractivity contribution in [1.82, 2.24) is 0 Å². The summed E-state index contributed by atoms with van der Waals surface area (Å²) in [6, 6.07) is 8.02. The number of carboxylic acid groups (broad SMARTS) is 1. The zero-order valence-corrected chi connectivity index (χ0v) is 9.16. The molecule has 15 heavy (non-hydrogen) atoms. The number of carboxylic acids is 1. The topological polar surface area (TPSA) is 49.3 Å². The van der Waals surface area contributed by atoms with Gasteiger partial charge in [0.05, 0.1) is 6.42 Å². The maximum Gasteiger partial charge on any atom is 0.305 e. The molecule has 0 aliphatic carbocycles. The Bertz CT molecular complexity index is 319. The average Bonchev–Trinajstić information content (AvgIpc) is 2.17. The van der Waals surface area contributed by atoms with Crippen LogP contribution in [-0.4, -0.2) is 17.1 Å². The van der Waals surface area contributed by atoms with Crippen LogP contribution in [0.5, 0.6) is 0 Å². The van der Waals surface area contributed by atoms with Crippen LogP contribution in [-0.2, 0) is 11.2 Å². The lowest BCUT2D eigenvalue weighted by molar-refractivity contribution is -0.137. The van der Waals surface area contributed by atoms with Crippen LogP contribution in [0, 0.1) is 0 Å². The van der Waals surface area contributed by atoms with Crippen LogP contribution in [0.15, 0.2) is 24.3 Å². The van der Waals surface area contributed by atoms with Crippen LogP contribution in [0.1, 0.15) is 25.8 Å². The number of hydrogen-bond acceptors (Lipinski definition) is 2. The van der Waals surface area contributed by atoms with Gasteiger partial charge in [0.25, 0.3) is 0 Å². The SMILES string of the molecule is CCc1ccc(NC(C)CC(=O)O)cc1. The average molecular weight is 207 g/mol. The Morgan fingerprint density at radius 2 is 2.00 bits per heavy atom. The molecule has 82 valence electrons. The van der Waals surface area contributed by atoms with Crippen molar-refractivity contribution in [2.75, 3.05) is 5.32 Å². The van der Waals surface area contributed by atoms with E-state index in [9.17, 15) is 4.79 Å². The van der Waals surface area contributed by atoms with E-state index in [0.717, 1.165) is 12.1 Å². The number of aryl methyl sites for hydroxylation is 1. The van der Waals surface area contributed by atoms with E-state index in [4.69, 9.17) is 5.11 Å². The first-order valence-corrected chi connectivity index (χ1v) is 5.19. The monoisotopic (exact) mass is 207 g/mol. The summed E-state index contributed by atoms with van der Waals surface area (Å²) in [5, 5.41) is 11.7. The Kier molecular flexibility index (Phi) is 4.16. The highest BCUT2D eigenvalue weighted by atomic mass is 16.4. The van der Waals surface area contributed by atoms with Gasteiger partial charge in [0.15, 0.2) is 0 Å². The summed E-state index contributed by atoms with van der Waals surface area (Å²) in [6.45, 7) is 3.97. The van der Waals surface area contributed by atoms with Crippen molar-refractivity contribution in [3.8, 4) is 0 Å². The molecule has 0 fully saturated rings. The van der Waals surface area contributed by atoms with E-state index in [2.05, 4.69) is 24.4 Å². The number of carbonyl (C=O) groups is 1. The van der Waals surface area contributed by atoms with Crippen LogP contribution in [0.4, 0.5) is 5.69 Å². The molecule has 0 radical (unpaired) electrons. The molecule has 3 heteroatoms. The summed E-state index contributed by atoms with van der Waals surface area (Å²) in [5.74, 6) is -0.778. The molecular formula is C12H17NO2. The van der Waals surface area contributed by atoms with Crippen molar-refractivity contribution in [2.24, 2.45) is 0 Å². The molecule has 0 saturated heterocycles. The first-order valence-electron chi connectivity index (χ1n) is 5.19. The van der Waals surface area contributed by atoms with Gasteiger partial charge >= 0.3 is 5.97 Å². The minimum atomic E-state index is -0.778. The fourth-order valence-electron chi connectivity index (χ4n) is 1.43. The van der Waals surface area contributed by atoms with Gasteiger partial charge in [-0.05, 0) is 31.0 Å². The molecule has 2 N–H and O–H groups in total. The van der Waals surface area contributed by atoms with Crippen molar-refractivity contribution in [3.05, 3.63) is 29.8 Å². The number of benzene rings is 1. The van der Waals surface area contributed by atoms with Crippen LogP contribution >= 0.6 is 0 Å². The van der Waals surface area contributed by atoms with Gasteiger partial charge in [-0.3, -0.25) is 4.79 Å². The second-order valence-electron chi connectivity index (χ2n) is 3.69. The van der Waals surface area contributed by atoms with Crippen molar-refractivity contribution in [2.45, 2.75) is 32.7 Å². The second kappa shape index (κ2) is 5.39. The fourth-order valence-corrected chi connectivity index (χ4v) is 1.43. The molecular weight excluding hydrogens is 190 g/mol. The van der Waals surface area contributed by atoms with Crippen LogP contribution < -0.4 is 5.32 Å². The molecule has 0 aromatic heterocycles. The third-order valence-corrected chi connectivity index (χ3v) is 2.26. The predicted octanol–water partition coefficient (Wildman–Crippen LogP) is 2.52. The zero-order valence-electron chi connectivity index (χ0n) is 9.16. The number of aliphatic carboxylic acids is 1. The van der Waals surface area contributed by atoms with E-state index >= 15 is 0 Å². The van der Waals surface area contributed by atoms with Gasteiger partial charge in [-0.15, -0.1) is 0 Å². The molecule has 1 atom stereocenters. The lowest BCUT2D eigenvalue weighted by Gasteiger charge is -2.13. The van der Waals surface area contributed by atoms with E-state index in [1.165, 1.54) is 5.56 Å². The van der Waals surface area contributed by atoms with Crippen molar-refractivity contribution < 1.29 is 9.90 Å². The normalized spacial score (nSPS) is 12.1. The van der Waals surface area contributed by atoms with Gasteiger partial charge < -0.3 is 10.4 Å². The summed E-state index contributed by atoms with van der Waals surface area (Å²) < 4.78 is 0. The van der Waals surface area contributed by atoms with Crippen LogP contribution in [0.3, 0.4) is 0 Å². The number of hydrogen-bond donors (Lipinski definition) is 2. The third-order valence-electron chi connectivity index (χ3n) is 2.26. The maximum absolute atomic E-state index is 10.5. The number of nitrogens with one attached hydrogen (secondary N) is 1. The first kappa shape index (κ1) is 11.6. The van der Waals surface area contributed by atoms with Crippen molar-refractivity contribution >= 4 is 11.7 Å². The highest BCUT2D eigenvalue weighted by Crippen LogP contribution is 2.11. The highest BCUT2D eigenvalue weighted by molar-refractivity contribution is 5.68. The largest absolute Gasteiger partial charge is 0.481 e. The van der Waals surface area contributed by atoms with Crippen molar-refractivity contribution in [1.29, 1.82) is 0 Å². The van der Waals surface area contributed by atoms with Gasteiger partial charge in [0, 0.05) is 11.7 Å². The Hall–Kier alpha value is -1.51. The van der Waals surface area contributed by atoms with Crippen LogP contribution in [0.2, 0.25) is 0 Å². The Morgan fingerprint density at radius 1 is 1.40 bits per heavy atom. The Balaban J connectivity index is 2.53. The van der Waals surface area contributed by atoms with Crippen LogP contribution in [0.25, 0.3) is 0 Å². The zero-order chi connectivity index (χ0) is 11.3. The van der Waals surface area contributed by atoms with Gasteiger partial charge in [0.1, 0.15) is 0 Å². The molecule has 0 bridgehead atoms. The Morgan fingerprint density at radius 3 is 2.47 bits per heavy atom. The molecule has 3 nitrogen and oxygen atoms in total. The standard InChI is InChI=1S/C12H17NO2/c1-3-10-4-6-11(7-5-10)13-9(2)8-12(14)15/h4-7,9,13H,3,8H2,1-2H3,(H,14,15). The lowest BCUT2D eigenvalue weighted by Crippen LogP contribution is -2.19. The van der Waals surface area contributed by atoms with E-state index in [-0.39, 0.29) is 12.5 Å². The van der Waals surface area contributed by atoms with Crippen molar-refractivity contribution in [3.63, 3.8) is 0 Å². The summed E-state index contributed by atoms with van der Waals surface area (Å²) >= 11 is 0. The fraction of sp³-hybridized carbons (Fsp3) is 0.417. The minimum Gasteiger partial charge on any atom is -0.481 e. The van der Waals surface area contributed by atoms with E-state index in [1.807, 2.05) is 19.1 Å². The summed E-state index contributed by atoms with van der Waals surface area (Å²) in [4.78, 5) is 10.5. The number of anilines is 1. The highest BCUT2D eigenvalue weighted by Gasteiger charge is 2.06. The third kappa shape index (κ3) is 4.02. The molecule has 0 aliphatic rings. The maximum atomic E-state index is 10.5. The summed E-state index contributed by atoms with van der Waals surface area (Å²) in [7, 11) is 0. The molecule has 1 aromatic rings. The van der Waals surface area contributed by atoms with Gasteiger partial charge in [-0.1, -0.05) is 19.1 Å². The molecule has 1 unspecified atom stereocenters. The quantitative estimate of drug-likeness (QED) is 0.780. The molecule has 0 heterocycles. The second-order valence-corrected chi connectivity index (χ2v) is 3.69. The summed E-state index contributed by atoms with van der Waals surface area (Å²) in [5.41, 5.74) is 2.26. The van der Waals surface area contributed by atoms with E-state index in [1.54, 1.807) is 0 Å². The predicted molar refractivity (Wildman–Crippen MR) is 61.2 cm³/mol. The van der Waals surface area contributed by atoms with Gasteiger partial charge in [-0.2, -0.15) is 0 Å². The molecule has 0 saturated carbocycles.